The van der Waals surface area contributed by atoms with Crippen molar-refractivity contribution in [1.82, 2.24) is 0 Å². The maximum atomic E-state index is 12.9. The van der Waals surface area contributed by atoms with Gasteiger partial charge >= 0.3 is 0 Å². The number of benzene rings is 2. The smallest absolute Gasteiger partial charge is 0.262 e. The molecule has 0 fully saturated rings. The van der Waals surface area contributed by atoms with Crippen LogP contribution in [-0.2, 0) is 4.79 Å². The highest BCUT2D eigenvalue weighted by Gasteiger charge is 2.07. The molecule has 0 bridgehead atoms. The van der Waals surface area contributed by atoms with Crippen molar-refractivity contribution in [1.29, 1.82) is 0 Å². The number of carbonyl (C=O) groups excluding carboxylic acids is 1. The van der Waals surface area contributed by atoms with Crippen molar-refractivity contribution >= 4 is 28.9 Å². The van der Waals surface area contributed by atoms with E-state index in [1.165, 1.54) is 12.1 Å². The van der Waals surface area contributed by atoms with Crippen molar-refractivity contribution in [2.45, 2.75) is 0 Å². The highest BCUT2D eigenvalue weighted by molar-refractivity contribution is 6.33. The molecule has 0 aromatic heterocycles. The van der Waals surface area contributed by atoms with Gasteiger partial charge in [-0.05, 0) is 30.3 Å². The summed E-state index contributed by atoms with van der Waals surface area (Å²) in [6, 6.07) is 10.4. The summed E-state index contributed by atoms with van der Waals surface area (Å²) in [6.45, 7) is -0.197. The summed E-state index contributed by atoms with van der Waals surface area (Å²) in [6.07, 6.45) is 0. The molecule has 2 aromatic carbocycles. The molecule has 0 aliphatic rings. The minimum atomic E-state index is -0.469. The van der Waals surface area contributed by atoms with E-state index in [1.807, 2.05) is 0 Å². The van der Waals surface area contributed by atoms with Gasteiger partial charge in [0.15, 0.2) is 6.61 Å². The summed E-state index contributed by atoms with van der Waals surface area (Å²) in [5.41, 5.74) is 6.46. The molecule has 20 heavy (non-hydrogen) atoms. The van der Waals surface area contributed by atoms with Crippen LogP contribution in [-0.4, -0.2) is 12.5 Å². The predicted octanol–water partition coefficient (Wildman–Crippen LogP) is 3.08. The van der Waals surface area contributed by atoms with Gasteiger partial charge in [-0.3, -0.25) is 4.79 Å². The monoisotopic (exact) mass is 294 g/mol. The van der Waals surface area contributed by atoms with Gasteiger partial charge in [0.05, 0.1) is 10.7 Å². The minimum absolute atomic E-state index is 0.127. The average molecular weight is 295 g/mol. The highest BCUT2D eigenvalue weighted by atomic mass is 35.5. The zero-order chi connectivity index (χ0) is 14.5. The first-order valence-electron chi connectivity index (χ1n) is 5.78. The fourth-order valence-corrected chi connectivity index (χ4v) is 1.74. The van der Waals surface area contributed by atoms with E-state index in [0.29, 0.717) is 17.1 Å². The lowest BCUT2D eigenvalue weighted by Crippen LogP contribution is -2.20. The maximum Gasteiger partial charge on any atom is 0.262 e. The van der Waals surface area contributed by atoms with Crippen molar-refractivity contribution in [3.8, 4) is 5.75 Å². The van der Waals surface area contributed by atoms with Gasteiger partial charge in [-0.25, -0.2) is 4.39 Å². The molecule has 0 unspecified atom stereocenters. The highest BCUT2D eigenvalue weighted by Crippen LogP contribution is 2.22. The minimum Gasteiger partial charge on any atom is -0.484 e. The van der Waals surface area contributed by atoms with E-state index < -0.39 is 11.7 Å². The number of rotatable bonds is 4. The summed E-state index contributed by atoms with van der Waals surface area (Å²) in [7, 11) is 0. The van der Waals surface area contributed by atoms with E-state index >= 15 is 0 Å². The number of hydrogen-bond acceptors (Lipinski definition) is 3. The van der Waals surface area contributed by atoms with Gasteiger partial charge in [0.2, 0.25) is 0 Å². The molecule has 2 rings (SSSR count). The molecule has 0 saturated heterocycles. The van der Waals surface area contributed by atoms with Crippen LogP contribution in [0.25, 0.3) is 0 Å². The Morgan fingerprint density at radius 1 is 1.30 bits per heavy atom. The molecular formula is C14H12ClFN2O2. The van der Waals surface area contributed by atoms with E-state index in [-0.39, 0.29) is 11.6 Å². The summed E-state index contributed by atoms with van der Waals surface area (Å²) in [4.78, 5) is 11.7. The van der Waals surface area contributed by atoms with Crippen molar-refractivity contribution in [2.75, 3.05) is 17.7 Å². The van der Waals surface area contributed by atoms with Gasteiger partial charge in [0, 0.05) is 11.8 Å². The topological polar surface area (TPSA) is 64.3 Å². The van der Waals surface area contributed by atoms with Crippen LogP contribution in [0.2, 0.25) is 5.02 Å². The second-order valence-corrected chi connectivity index (χ2v) is 4.44. The summed E-state index contributed by atoms with van der Waals surface area (Å²) < 4.78 is 18.1. The number of nitrogens with two attached hydrogens (primary N) is 1. The fraction of sp³-hybridized carbons (Fsp3) is 0.0714. The number of amides is 1. The van der Waals surface area contributed by atoms with Crippen LogP contribution in [0.3, 0.4) is 0 Å². The maximum absolute atomic E-state index is 12.9. The van der Waals surface area contributed by atoms with E-state index in [1.54, 1.807) is 24.3 Å². The molecule has 0 radical (unpaired) electrons. The molecule has 0 aliphatic heterocycles. The Labute approximate surface area is 120 Å². The van der Waals surface area contributed by atoms with E-state index in [0.717, 1.165) is 6.07 Å². The van der Waals surface area contributed by atoms with Crippen molar-refractivity contribution < 1.29 is 13.9 Å². The Bertz CT molecular complexity index is 634. The normalized spacial score (nSPS) is 10.1. The Morgan fingerprint density at radius 3 is 2.80 bits per heavy atom. The molecule has 0 saturated carbocycles. The Hall–Kier alpha value is -2.27. The van der Waals surface area contributed by atoms with E-state index in [4.69, 9.17) is 22.1 Å². The van der Waals surface area contributed by atoms with Gasteiger partial charge < -0.3 is 15.8 Å². The van der Waals surface area contributed by atoms with E-state index in [2.05, 4.69) is 5.32 Å². The van der Waals surface area contributed by atoms with Crippen molar-refractivity contribution in [2.24, 2.45) is 0 Å². The number of halogens is 2. The largest absolute Gasteiger partial charge is 0.484 e. The predicted molar refractivity (Wildman–Crippen MR) is 76.4 cm³/mol. The molecule has 6 heteroatoms. The lowest BCUT2D eigenvalue weighted by Gasteiger charge is -2.09. The first-order chi connectivity index (χ1) is 9.54. The Morgan fingerprint density at radius 2 is 2.10 bits per heavy atom. The lowest BCUT2D eigenvalue weighted by molar-refractivity contribution is -0.118. The fourth-order valence-electron chi connectivity index (χ4n) is 1.53. The Kier molecular flexibility index (Phi) is 4.42. The Balaban J connectivity index is 1.92. The third kappa shape index (κ3) is 3.86. The zero-order valence-corrected chi connectivity index (χ0v) is 11.2. The van der Waals surface area contributed by atoms with Crippen molar-refractivity contribution in [3.05, 3.63) is 53.3 Å². The third-order valence-corrected chi connectivity index (χ3v) is 2.75. The third-order valence-electron chi connectivity index (χ3n) is 2.43. The number of nitrogen functional groups attached to an aromatic ring is 1. The molecule has 1 amide bonds. The number of hydrogen-bond donors (Lipinski definition) is 2. The number of anilines is 2. The van der Waals surface area contributed by atoms with Crippen LogP contribution in [0.15, 0.2) is 42.5 Å². The second kappa shape index (κ2) is 6.25. The van der Waals surface area contributed by atoms with Gasteiger partial charge in [-0.1, -0.05) is 17.7 Å². The van der Waals surface area contributed by atoms with Gasteiger partial charge in [-0.15, -0.1) is 0 Å². The molecular weight excluding hydrogens is 283 g/mol. The van der Waals surface area contributed by atoms with Crippen LogP contribution < -0.4 is 15.8 Å². The van der Waals surface area contributed by atoms with Crippen LogP contribution >= 0.6 is 11.6 Å². The van der Waals surface area contributed by atoms with Crippen LogP contribution in [0.1, 0.15) is 0 Å². The molecule has 0 spiro atoms. The molecule has 0 heterocycles. The first kappa shape index (κ1) is 14.1. The molecule has 3 N–H and O–H groups in total. The molecule has 0 atom stereocenters. The van der Waals surface area contributed by atoms with Crippen molar-refractivity contribution in [3.63, 3.8) is 0 Å². The second-order valence-electron chi connectivity index (χ2n) is 4.03. The van der Waals surface area contributed by atoms with E-state index in [9.17, 15) is 9.18 Å². The van der Waals surface area contributed by atoms with Gasteiger partial charge in [-0.2, -0.15) is 0 Å². The quantitative estimate of drug-likeness (QED) is 0.852. The number of carbonyl (C=O) groups is 1. The molecule has 4 nitrogen and oxygen atoms in total. The molecule has 104 valence electrons. The molecule has 2 aromatic rings. The number of nitrogens with one attached hydrogen (secondary N) is 1. The van der Waals surface area contributed by atoms with Crippen LogP contribution in [0.5, 0.6) is 5.75 Å². The van der Waals surface area contributed by atoms with Gasteiger partial charge in [0.1, 0.15) is 11.6 Å². The standard InChI is InChI=1S/C14H12ClFN2O2/c15-12-6-9(16)4-5-13(12)18-14(19)8-20-11-3-1-2-10(17)7-11/h1-7H,8,17H2,(H,18,19). The average Bonchev–Trinajstić information content (AvgIpc) is 2.40. The zero-order valence-electron chi connectivity index (χ0n) is 10.4. The van der Waals surface area contributed by atoms with Crippen LogP contribution in [0, 0.1) is 5.82 Å². The first-order valence-corrected chi connectivity index (χ1v) is 6.15. The summed E-state index contributed by atoms with van der Waals surface area (Å²) in [5, 5.41) is 2.66. The lowest BCUT2D eigenvalue weighted by atomic mass is 10.3. The summed E-state index contributed by atoms with van der Waals surface area (Å²) >= 11 is 5.80. The summed E-state index contributed by atoms with van der Waals surface area (Å²) in [5.74, 6) is -0.379. The van der Waals surface area contributed by atoms with Gasteiger partial charge in [0.25, 0.3) is 5.91 Å². The number of ether oxygens (including phenoxy) is 1. The molecule has 0 aliphatic carbocycles. The van der Waals surface area contributed by atoms with Crippen LogP contribution in [0.4, 0.5) is 15.8 Å². The SMILES string of the molecule is Nc1cccc(OCC(=O)Nc2ccc(F)cc2Cl)c1.